The van der Waals surface area contributed by atoms with Crippen LogP contribution in [0, 0.1) is 5.92 Å². The number of hydrazine groups is 1. The highest BCUT2D eigenvalue weighted by Gasteiger charge is 2.18. The summed E-state index contributed by atoms with van der Waals surface area (Å²) < 4.78 is 10.8. The Morgan fingerprint density at radius 3 is 2.79 bits per heavy atom. The molecule has 0 aliphatic carbocycles. The Morgan fingerprint density at radius 1 is 1.32 bits per heavy atom. The van der Waals surface area contributed by atoms with Crippen molar-refractivity contribution in [2.75, 3.05) is 26.4 Å². The van der Waals surface area contributed by atoms with Gasteiger partial charge in [-0.1, -0.05) is 26.8 Å². The number of carbonyl (C=O) groups is 1. The summed E-state index contributed by atoms with van der Waals surface area (Å²) in [6.07, 6.45) is 1.53. The average Bonchev–Trinajstić information content (AvgIpc) is 3.14. The Hall–Kier alpha value is -2.39. The molecule has 1 aromatic rings. The molecule has 0 aromatic heterocycles. The molecule has 1 aromatic carbocycles. The van der Waals surface area contributed by atoms with Crippen LogP contribution in [0.25, 0.3) is 0 Å². The predicted octanol–water partition coefficient (Wildman–Crippen LogP) is 1.98. The molecule has 0 radical (unpaired) electrons. The van der Waals surface area contributed by atoms with E-state index in [0.717, 1.165) is 24.6 Å². The predicted molar refractivity (Wildman–Crippen MR) is 113 cm³/mol. The lowest BCUT2D eigenvalue weighted by molar-refractivity contribution is -0.122. The lowest BCUT2D eigenvalue weighted by atomic mass is 10.1. The van der Waals surface area contributed by atoms with E-state index in [4.69, 9.17) is 21.7 Å². The second-order valence-corrected chi connectivity index (χ2v) is 7.10. The van der Waals surface area contributed by atoms with Crippen molar-refractivity contribution < 1.29 is 14.3 Å². The normalized spacial score (nSPS) is 13.8. The highest BCUT2D eigenvalue weighted by atomic mass is 32.1. The third kappa shape index (κ3) is 6.35. The van der Waals surface area contributed by atoms with Crippen LogP contribution in [-0.2, 0) is 4.79 Å². The van der Waals surface area contributed by atoms with E-state index in [1.807, 2.05) is 12.1 Å². The van der Waals surface area contributed by atoms with Gasteiger partial charge >= 0.3 is 0 Å². The monoisotopic (exact) mass is 407 g/mol. The van der Waals surface area contributed by atoms with Gasteiger partial charge in [-0.05, 0) is 43.4 Å². The van der Waals surface area contributed by atoms with E-state index in [1.54, 1.807) is 13.8 Å². The molecule has 28 heavy (non-hydrogen) atoms. The molecule has 0 saturated heterocycles. The average molecular weight is 408 g/mol. The van der Waals surface area contributed by atoms with Crippen molar-refractivity contribution in [2.24, 2.45) is 10.9 Å². The second-order valence-electron chi connectivity index (χ2n) is 6.69. The fourth-order valence-electron chi connectivity index (χ4n) is 2.69. The van der Waals surface area contributed by atoms with Gasteiger partial charge in [0.25, 0.3) is 0 Å². The summed E-state index contributed by atoms with van der Waals surface area (Å²) in [5.74, 6) is 1.34. The lowest BCUT2D eigenvalue weighted by Crippen LogP contribution is -2.46. The molecule has 0 saturated carbocycles. The molecule has 1 aliphatic heterocycles. The molecule has 0 bridgehead atoms. The maximum atomic E-state index is 11.5. The van der Waals surface area contributed by atoms with Crippen molar-refractivity contribution in [3.05, 3.63) is 23.8 Å². The van der Waals surface area contributed by atoms with Crippen LogP contribution in [0.4, 0.5) is 0 Å². The maximum absolute atomic E-state index is 11.5. The molecule has 0 fully saturated rings. The van der Waals surface area contributed by atoms with Crippen LogP contribution in [-0.4, -0.2) is 48.7 Å². The first kappa shape index (κ1) is 21.9. The largest absolute Gasteiger partial charge is 0.454 e. The van der Waals surface area contributed by atoms with Gasteiger partial charge in [-0.2, -0.15) is 0 Å². The molecule has 2 rings (SSSR count). The van der Waals surface area contributed by atoms with Crippen molar-refractivity contribution in [2.45, 2.75) is 33.7 Å². The number of rotatable bonds is 9. The Kier molecular flexibility index (Phi) is 8.46. The standard InChI is InChI=1S/C19H29N5O3S/c1-5-24(14(4)15-6-7-16-17(10-15)27-12-26-16)9-8-20-11-21-23-19(28)22-18(25)13(2)3/h6-7,10-11,13-14H,5,8-9,12H2,1-4H3,(H,20,21)(H2,22,23,25,28). The Bertz CT molecular complexity index is 711. The van der Waals surface area contributed by atoms with Crippen molar-refractivity contribution >= 4 is 29.6 Å². The first-order valence-electron chi connectivity index (χ1n) is 9.40. The molecule has 154 valence electrons. The highest BCUT2D eigenvalue weighted by Crippen LogP contribution is 2.35. The van der Waals surface area contributed by atoms with Gasteiger partial charge in [-0.15, -0.1) is 0 Å². The van der Waals surface area contributed by atoms with E-state index in [0.29, 0.717) is 6.54 Å². The van der Waals surface area contributed by atoms with E-state index in [-0.39, 0.29) is 29.8 Å². The summed E-state index contributed by atoms with van der Waals surface area (Å²) in [6, 6.07) is 6.30. The number of hydrogen-bond acceptors (Lipinski definition) is 6. The van der Waals surface area contributed by atoms with Crippen molar-refractivity contribution in [3.8, 4) is 11.5 Å². The van der Waals surface area contributed by atoms with Crippen LogP contribution < -0.4 is 25.6 Å². The third-order valence-corrected chi connectivity index (χ3v) is 4.66. The van der Waals surface area contributed by atoms with Crippen molar-refractivity contribution in [1.82, 2.24) is 21.1 Å². The molecule has 0 spiro atoms. The van der Waals surface area contributed by atoms with Crippen LogP contribution in [0.1, 0.15) is 39.3 Å². The molecule has 1 amide bonds. The lowest BCUT2D eigenvalue weighted by Gasteiger charge is -2.27. The number of thiocarbonyl (C=S) groups is 1. The van der Waals surface area contributed by atoms with Gasteiger partial charge in [0, 0.05) is 18.5 Å². The van der Waals surface area contributed by atoms with Crippen LogP contribution >= 0.6 is 12.2 Å². The number of benzene rings is 1. The van der Waals surface area contributed by atoms with Crippen LogP contribution in [0.3, 0.4) is 0 Å². The fraction of sp³-hybridized carbons (Fsp3) is 0.526. The third-order valence-electron chi connectivity index (χ3n) is 4.45. The molecular formula is C19H29N5O3S. The number of nitrogens with one attached hydrogen (secondary N) is 3. The molecule has 3 N–H and O–H groups in total. The van der Waals surface area contributed by atoms with Gasteiger partial charge < -0.3 is 14.8 Å². The molecule has 9 heteroatoms. The van der Waals surface area contributed by atoms with Gasteiger partial charge in [-0.3, -0.25) is 25.5 Å². The second kappa shape index (κ2) is 10.8. The summed E-state index contributed by atoms with van der Waals surface area (Å²) in [6.45, 7) is 10.5. The summed E-state index contributed by atoms with van der Waals surface area (Å²) in [5.41, 5.74) is 6.65. The van der Waals surface area contributed by atoms with E-state index in [1.165, 1.54) is 11.9 Å². The first-order chi connectivity index (χ1) is 13.4. The minimum atomic E-state index is -0.132. The number of likely N-dealkylation sites (N-methyl/N-ethyl adjacent to an activating group) is 1. The Labute approximate surface area is 171 Å². The van der Waals surface area contributed by atoms with E-state index in [9.17, 15) is 4.79 Å². The first-order valence-corrected chi connectivity index (χ1v) is 9.81. The minimum absolute atomic E-state index is 0.125. The quantitative estimate of drug-likeness (QED) is 0.250. The number of aliphatic imine (C=N–C) groups is 1. The summed E-state index contributed by atoms with van der Waals surface area (Å²) in [5, 5.41) is 2.80. The Morgan fingerprint density at radius 2 is 2.07 bits per heavy atom. The molecule has 1 unspecified atom stereocenters. The van der Waals surface area contributed by atoms with Crippen molar-refractivity contribution in [1.29, 1.82) is 0 Å². The molecule has 1 atom stereocenters. The van der Waals surface area contributed by atoms with Gasteiger partial charge in [0.2, 0.25) is 12.7 Å². The highest BCUT2D eigenvalue weighted by molar-refractivity contribution is 7.80. The van der Waals surface area contributed by atoms with Gasteiger partial charge in [0.05, 0.1) is 6.54 Å². The maximum Gasteiger partial charge on any atom is 0.231 e. The van der Waals surface area contributed by atoms with E-state index < -0.39 is 0 Å². The number of fused-ring (bicyclic) bond motifs is 1. The molecule has 8 nitrogen and oxygen atoms in total. The van der Waals surface area contributed by atoms with Gasteiger partial charge in [-0.25, -0.2) is 0 Å². The van der Waals surface area contributed by atoms with Crippen LogP contribution in [0.15, 0.2) is 23.2 Å². The van der Waals surface area contributed by atoms with E-state index in [2.05, 4.69) is 46.0 Å². The topological polar surface area (TPSA) is 87.2 Å². The summed E-state index contributed by atoms with van der Waals surface area (Å²) >= 11 is 5.02. The zero-order chi connectivity index (χ0) is 20.5. The smallest absolute Gasteiger partial charge is 0.231 e. The number of hydrogen-bond donors (Lipinski definition) is 3. The number of amides is 1. The summed E-state index contributed by atoms with van der Waals surface area (Å²) in [7, 11) is 0. The Balaban J connectivity index is 1.73. The zero-order valence-corrected chi connectivity index (χ0v) is 17.6. The van der Waals surface area contributed by atoms with Gasteiger partial charge in [0.15, 0.2) is 16.6 Å². The van der Waals surface area contributed by atoms with Gasteiger partial charge in [0.1, 0.15) is 6.34 Å². The van der Waals surface area contributed by atoms with Crippen LogP contribution in [0.2, 0.25) is 0 Å². The van der Waals surface area contributed by atoms with Crippen molar-refractivity contribution in [3.63, 3.8) is 0 Å². The van der Waals surface area contributed by atoms with Crippen LogP contribution in [0.5, 0.6) is 11.5 Å². The van der Waals surface area contributed by atoms with E-state index >= 15 is 0 Å². The number of carbonyl (C=O) groups excluding carboxylic acids is 1. The summed E-state index contributed by atoms with van der Waals surface area (Å²) in [4.78, 5) is 18.2. The fourth-order valence-corrected chi connectivity index (χ4v) is 2.85. The molecule has 1 heterocycles. The SMILES string of the molecule is CCN(CCN=CNNC(=S)NC(=O)C(C)C)C(C)c1ccc2c(c1)OCO2. The zero-order valence-electron chi connectivity index (χ0n) is 16.8. The number of nitrogens with zero attached hydrogens (tertiary/aromatic N) is 2. The molecule has 1 aliphatic rings. The number of ether oxygens (including phenoxy) is 2. The minimum Gasteiger partial charge on any atom is -0.454 e. The molecular weight excluding hydrogens is 378 g/mol.